The summed E-state index contributed by atoms with van der Waals surface area (Å²) in [5, 5.41) is 5.72. The van der Waals surface area contributed by atoms with Gasteiger partial charge in [-0.1, -0.05) is 29.8 Å². The summed E-state index contributed by atoms with van der Waals surface area (Å²) in [5.41, 5.74) is 1.37. The van der Waals surface area contributed by atoms with Crippen molar-refractivity contribution in [3.05, 3.63) is 53.1 Å². The lowest BCUT2D eigenvalue weighted by Crippen LogP contribution is -2.64. The molecule has 9 nitrogen and oxygen atoms in total. The fourth-order valence-corrected chi connectivity index (χ4v) is 4.27. The highest BCUT2D eigenvalue weighted by molar-refractivity contribution is 6.07. The van der Waals surface area contributed by atoms with Crippen molar-refractivity contribution >= 4 is 17.7 Å². The molecule has 2 aromatic rings. The Balaban J connectivity index is 1.57. The van der Waals surface area contributed by atoms with Crippen molar-refractivity contribution in [2.75, 3.05) is 20.3 Å². The molecule has 1 aliphatic carbocycles. The van der Waals surface area contributed by atoms with E-state index in [4.69, 9.17) is 4.74 Å². The lowest BCUT2D eigenvalue weighted by Gasteiger charge is -2.44. The number of amides is 3. The zero-order chi connectivity index (χ0) is 22.9. The smallest absolute Gasteiger partial charge is 0.274 e. The Bertz CT molecular complexity index is 1040. The second-order valence-corrected chi connectivity index (χ2v) is 8.67. The molecule has 0 unspecified atom stereocenters. The van der Waals surface area contributed by atoms with E-state index in [0.717, 1.165) is 24.0 Å². The summed E-state index contributed by atoms with van der Waals surface area (Å²) >= 11 is 0. The fourth-order valence-electron chi connectivity index (χ4n) is 4.27. The molecular formula is C23H29N5O4. The average Bonchev–Trinajstić information content (AvgIpc) is 3.50. The standard InChI is InChI=1S/C23H29N5O4/c1-15-5-4-6-16(11-15)12-25-22(31)23(2)13-27-14-26-18(20(29)24-9-10-32-3)19(27)21(30)28(23)17-7-8-17/h4-6,11,14,17H,7-10,12-13H2,1-3H3,(H,24,29)(H,25,31)/t23-/m0/s1. The number of benzene rings is 1. The van der Waals surface area contributed by atoms with E-state index >= 15 is 0 Å². The van der Waals surface area contributed by atoms with Crippen molar-refractivity contribution < 1.29 is 19.1 Å². The SMILES string of the molecule is COCCNC(=O)c1ncn2c1C(=O)N(C1CC1)[C@](C)(C(=O)NCc1cccc(C)c1)C2. The van der Waals surface area contributed by atoms with Gasteiger partial charge in [-0.15, -0.1) is 0 Å². The number of imidazole rings is 1. The van der Waals surface area contributed by atoms with Gasteiger partial charge in [-0.2, -0.15) is 0 Å². The summed E-state index contributed by atoms with van der Waals surface area (Å²) in [6.07, 6.45) is 3.15. The zero-order valence-corrected chi connectivity index (χ0v) is 18.7. The van der Waals surface area contributed by atoms with E-state index in [2.05, 4.69) is 15.6 Å². The number of carbonyl (C=O) groups excluding carboxylic acids is 3. The normalized spacial score (nSPS) is 20.1. The van der Waals surface area contributed by atoms with Crippen LogP contribution in [-0.4, -0.2) is 64.0 Å². The summed E-state index contributed by atoms with van der Waals surface area (Å²) in [5.74, 6) is -0.974. The van der Waals surface area contributed by atoms with Gasteiger partial charge in [0.15, 0.2) is 5.69 Å². The van der Waals surface area contributed by atoms with Crippen molar-refractivity contribution in [3.63, 3.8) is 0 Å². The van der Waals surface area contributed by atoms with E-state index in [9.17, 15) is 14.4 Å². The minimum absolute atomic E-state index is 0.00901. The highest BCUT2D eigenvalue weighted by atomic mass is 16.5. The lowest BCUT2D eigenvalue weighted by atomic mass is 9.93. The first-order chi connectivity index (χ1) is 15.3. The third-order valence-corrected chi connectivity index (χ3v) is 6.01. The van der Waals surface area contributed by atoms with Crippen LogP contribution in [0.2, 0.25) is 0 Å². The molecule has 32 heavy (non-hydrogen) atoms. The number of hydrogen-bond acceptors (Lipinski definition) is 5. The first kappa shape index (κ1) is 22.0. The van der Waals surface area contributed by atoms with Crippen LogP contribution in [0.1, 0.15) is 51.9 Å². The molecular weight excluding hydrogens is 410 g/mol. The highest BCUT2D eigenvalue weighted by Crippen LogP contribution is 2.38. The van der Waals surface area contributed by atoms with Crippen LogP contribution in [0.15, 0.2) is 30.6 Å². The monoisotopic (exact) mass is 439 g/mol. The van der Waals surface area contributed by atoms with Gasteiger partial charge < -0.3 is 24.8 Å². The zero-order valence-electron chi connectivity index (χ0n) is 18.7. The molecule has 4 rings (SSSR count). The van der Waals surface area contributed by atoms with E-state index in [-0.39, 0.29) is 35.8 Å². The molecule has 0 bridgehead atoms. The second-order valence-electron chi connectivity index (χ2n) is 8.67. The Morgan fingerprint density at radius 1 is 1.28 bits per heavy atom. The average molecular weight is 440 g/mol. The van der Waals surface area contributed by atoms with Crippen LogP contribution < -0.4 is 10.6 Å². The highest BCUT2D eigenvalue weighted by Gasteiger charge is 2.53. The van der Waals surface area contributed by atoms with Gasteiger partial charge in [-0.05, 0) is 32.3 Å². The minimum atomic E-state index is -1.07. The van der Waals surface area contributed by atoms with Crippen molar-refractivity contribution in [2.45, 2.75) is 51.4 Å². The molecule has 1 saturated carbocycles. The number of nitrogens with zero attached hydrogens (tertiary/aromatic N) is 3. The number of carbonyl (C=O) groups is 3. The molecule has 9 heteroatoms. The molecule has 0 spiro atoms. The molecule has 1 aliphatic heterocycles. The van der Waals surface area contributed by atoms with Crippen LogP contribution in [0.4, 0.5) is 0 Å². The fraction of sp³-hybridized carbons (Fsp3) is 0.478. The van der Waals surface area contributed by atoms with Crippen LogP contribution >= 0.6 is 0 Å². The molecule has 1 atom stereocenters. The van der Waals surface area contributed by atoms with Gasteiger partial charge in [0.2, 0.25) is 5.91 Å². The summed E-state index contributed by atoms with van der Waals surface area (Å²) in [6, 6.07) is 7.93. The molecule has 2 heterocycles. The molecule has 2 N–H and O–H groups in total. The number of hydrogen-bond donors (Lipinski definition) is 2. The Hall–Kier alpha value is -3.20. The Labute approximate surface area is 187 Å². The predicted molar refractivity (Wildman–Crippen MR) is 117 cm³/mol. The number of nitrogens with one attached hydrogen (secondary N) is 2. The van der Waals surface area contributed by atoms with Gasteiger partial charge in [-0.3, -0.25) is 14.4 Å². The van der Waals surface area contributed by atoms with Gasteiger partial charge in [0.1, 0.15) is 11.2 Å². The molecule has 1 fully saturated rings. The largest absolute Gasteiger partial charge is 0.383 e. The predicted octanol–water partition coefficient (Wildman–Crippen LogP) is 1.26. The van der Waals surface area contributed by atoms with Crippen LogP contribution in [-0.2, 0) is 22.6 Å². The van der Waals surface area contributed by atoms with Gasteiger partial charge in [0.25, 0.3) is 11.8 Å². The Morgan fingerprint density at radius 3 is 2.75 bits per heavy atom. The first-order valence-electron chi connectivity index (χ1n) is 10.8. The number of aromatic nitrogens is 2. The number of rotatable bonds is 8. The second kappa shape index (κ2) is 8.74. The van der Waals surface area contributed by atoms with E-state index < -0.39 is 11.4 Å². The van der Waals surface area contributed by atoms with Gasteiger partial charge >= 0.3 is 0 Å². The van der Waals surface area contributed by atoms with Gasteiger partial charge in [0.05, 0.1) is 19.5 Å². The van der Waals surface area contributed by atoms with E-state index in [1.165, 1.54) is 6.33 Å². The molecule has 3 amide bonds. The Morgan fingerprint density at radius 2 is 2.06 bits per heavy atom. The van der Waals surface area contributed by atoms with Crippen molar-refractivity contribution in [1.82, 2.24) is 25.1 Å². The molecule has 0 saturated heterocycles. The number of ether oxygens (including phenoxy) is 1. The maximum absolute atomic E-state index is 13.5. The third kappa shape index (κ3) is 4.12. The maximum atomic E-state index is 13.5. The summed E-state index contributed by atoms with van der Waals surface area (Å²) in [4.78, 5) is 45.3. The molecule has 0 radical (unpaired) electrons. The number of aryl methyl sites for hydroxylation is 1. The molecule has 1 aromatic heterocycles. The van der Waals surface area contributed by atoms with Crippen molar-refractivity contribution in [2.24, 2.45) is 0 Å². The molecule has 2 aliphatic rings. The lowest BCUT2D eigenvalue weighted by molar-refractivity contribution is -0.133. The quantitative estimate of drug-likeness (QED) is 0.603. The number of methoxy groups -OCH3 is 1. The van der Waals surface area contributed by atoms with Crippen LogP contribution in [0.25, 0.3) is 0 Å². The topological polar surface area (TPSA) is 106 Å². The molecule has 1 aromatic carbocycles. The summed E-state index contributed by atoms with van der Waals surface area (Å²) in [7, 11) is 1.55. The van der Waals surface area contributed by atoms with E-state index in [0.29, 0.717) is 19.7 Å². The maximum Gasteiger partial charge on any atom is 0.274 e. The van der Waals surface area contributed by atoms with Crippen LogP contribution in [0, 0.1) is 6.92 Å². The number of fused-ring (bicyclic) bond motifs is 1. The van der Waals surface area contributed by atoms with E-state index in [1.54, 1.807) is 23.5 Å². The van der Waals surface area contributed by atoms with Gasteiger partial charge in [-0.25, -0.2) is 4.98 Å². The van der Waals surface area contributed by atoms with Crippen molar-refractivity contribution in [3.8, 4) is 0 Å². The molecule has 170 valence electrons. The Kier molecular flexibility index (Phi) is 6.01. The van der Waals surface area contributed by atoms with Crippen molar-refractivity contribution in [1.29, 1.82) is 0 Å². The van der Waals surface area contributed by atoms with Crippen LogP contribution in [0.3, 0.4) is 0 Å². The van der Waals surface area contributed by atoms with E-state index in [1.807, 2.05) is 31.2 Å². The van der Waals surface area contributed by atoms with Crippen LogP contribution in [0.5, 0.6) is 0 Å². The minimum Gasteiger partial charge on any atom is -0.383 e. The first-order valence-corrected chi connectivity index (χ1v) is 10.8. The van der Waals surface area contributed by atoms with Gasteiger partial charge in [0, 0.05) is 26.2 Å². The third-order valence-electron chi connectivity index (χ3n) is 6.01. The summed E-state index contributed by atoms with van der Waals surface area (Å²) in [6.45, 7) is 5.10. The summed E-state index contributed by atoms with van der Waals surface area (Å²) < 4.78 is 6.58.